The number of amides is 2. The first-order valence-electron chi connectivity index (χ1n) is 13.2. The fraction of sp³-hybridized carbons (Fsp3) is 0.679. The number of carbonyl (C=O) groups is 3. The van der Waals surface area contributed by atoms with Crippen LogP contribution in [0, 0.1) is 17.8 Å². The van der Waals surface area contributed by atoms with E-state index in [0.29, 0.717) is 17.4 Å². The van der Waals surface area contributed by atoms with E-state index in [9.17, 15) is 14.4 Å². The van der Waals surface area contributed by atoms with E-state index in [-0.39, 0.29) is 36.9 Å². The summed E-state index contributed by atoms with van der Waals surface area (Å²) in [4.78, 5) is 40.8. The molecule has 33 heavy (non-hydrogen) atoms. The number of piperidine rings is 1. The third-order valence-corrected chi connectivity index (χ3v) is 8.17. The lowest BCUT2D eigenvalue weighted by Gasteiger charge is -2.33. The molecule has 1 heterocycles. The molecule has 1 aromatic carbocycles. The van der Waals surface area contributed by atoms with Crippen LogP contribution in [-0.4, -0.2) is 41.6 Å². The standard InChI is InChI=1S/C28H40N2O3.H2/c1-3-19(2)26(31)25(21-8-5-4-6-9-21)29-27(32)24-11-7-10-23(18-24)20-14-16-30(17-15-20)28(33)22-12-13-22;/h7,10-11,18-22,25H,3-6,8-9,12-17H2,1-2H3,(H,29,32);1H/t19?,25-;/m1./s1. The van der Waals surface area contributed by atoms with Crippen LogP contribution in [0.15, 0.2) is 24.3 Å². The Morgan fingerprint density at radius 3 is 2.36 bits per heavy atom. The number of hydrogen-bond acceptors (Lipinski definition) is 3. The minimum atomic E-state index is -0.381. The molecule has 2 saturated carbocycles. The van der Waals surface area contributed by atoms with Gasteiger partial charge in [-0.2, -0.15) is 0 Å². The van der Waals surface area contributed by atoms with E-state index in [0.717, 1.165) is 70.9 Å². The normalized spacial score (nSPS) is 21.9. The van der Waals surface area contributed by atoms with Crippen LogP contribution in [0.5, 0.6) is 0 Å². The highest BCUT2D eigenvalue weighted by molar-refractivity contribution is 5.98. The molecule has 5 nitrogen and oxygen atoms in total. The number of hydrogen-bond donors (Lipinski definition) is 1. The number of benzene rings is 1. The first-order valence-corrected chi connectivity index (χ1v) is 13.2. The van der Waals surface area contributed by atoms with Crippen LogP contribution >= 0.6 is 0 Å². The molecular formula is C28H42N2O3. The van der Waals surface area contributed by atoms with Gasteiger partial charge in [0.2, 0.25) is 5.91 Å². The Balaban J connectivity index is 0.00000324. The van der Waals surface area contributed by atoms with Crippen LogP contribution in [-0.2, 0) is 9.59 Å². The second-order valence-corrected chi connectivity index (χ2v) is 10.6. The summed E-state index contributed by atoms with van der Waals surface area (Å²) in [5.41, 5.74) is 1.81. The lowest BCUT2D eigenvalue weighted by atomic mass is 9.79. The van der Waals surface area contributed by atoms with E-state index in [1.807, 2.05) is 36.9 Å². The van der Waals surface area contributed by atoms with Crippen molar-refractivity contribution in [2.24, 2.45) is 17.8 Å². The minimum Gasteiger partial charge on any atom is -0.342 e. The van der Waals surface area contributed by atoms with E-state index in [1.165, 1.54) is 12.0 Å². The highest BCUT2D eigenvalue weighted by atomic mass is 16.2. The third kappa shape index (κ3) is 5.85. The fourth-order valence-electron chi connectivity index (χ4n) is 5.58. The van der Waals surface area contributed by atoms with E-state index in [4.69, 9.17) is 0 Å². The summed E-state index contributed by atoms with van der Waals surface area (Å²) in [7, 11) is 0. The number of nitrogens with zero attached hydrogens (tertiary/aromatic N) is 1. The molecule has 5 heteroatoms. The third-order valence-electron chi connectivity index (χ3n) is 8.17. The molecule has 1 N–H and O–H groups in total. The second kappa shape index (κ2) is 10.8. The molecule has 2 aliphatic carbocycles. The Bertz CT molecular complexity index is 855. The van der Waals surface area contributed by atoms with Gasteiger partial charge in [0, 0.05) is 31.9 Å². The predicted octanol–water partition coefficient (Wildman–Crippen LogP) is 5.34. The molecule has 0 aromatic heterocycles. The molecule has 1 unspecified atom stereocenters. The molecule has 0 bridgehead atoms. The molecule has 2 atom stereocenters. The Labute approximate surface area is 200 Å². The summed E-state index contributed by atoms with van der Waals surface area (Å²) in [6, 6.07) is 7.54. The maximum Gasteiger partial charge on any atom is 0.251 e. The molecule has 1 aromatic rings. The van der Waals surface area contributed by atoms with Gasteiger partial charge in [0.25, 0.3) is 5.91 Å². The molecule has 182 valence electrons. The number of ketones is 1. The van der Waals surface area contributed by atoms with Crippen molar-refractivity contribution in [3.8, 4) is 0 Å². The van der Waals surface area contributed by atoms with Gasteiger partial charge in [-0.25, -0.2) is 0 Å². The number of carbonyl (C=O) groups excluding carboxylic acids is 3. The van der Waals surface area contributed by atoms with Crippen LogP contribution in [0.4, 0.5) is 0 Å². The van der Waals surface area contributed by atoms with Gasteiger partial charge in [0.1, 0.15) is 0 Å². The van der Waals surface area contributed by atoms with Crippen LogP contribution in [0.25, 0.3) is 0 Å². The Morgan fingerprint density at radius 1 is 1.03 bits per heavy atom. The molecule has 1 aliphatic heterocycles. The minimum absolute atomic E-state index is 0. The molecule has 3 fully saturated rings. The summed E-state index contributed by atoms with van der Waals surface area (Å²) in [5.74, 6) is 1.25. The second-order valence-electron chi connectivity index (χ2n) is 10.6. The van der Waals surface area contributed by atoms with Crippen LogP contribution in [0.3, 0.4) is 0 Å². The first-order chi connectivity index (χ1) is 16.0. The quantitative estimate of drug-likeness (QED) is 0.576. The van der Waals surface area contributed by atoms with Crippen molar-refractivity contribution in [3.63, 3.8) is 0 Å². The lowest BCUT2D eigenvalue weighted by Crippen LogP contribution is -2.48. The van der Waals surface area contributed by atoms with Gasteiger partial charge in [0.15, 0.2) is 5.78 Å². The Kier molecular flexibility index (Phi) is 7.87. The van der Waals surface area contributed by atoms with Gasteiger partial charge in [-0.15, -0.1) is 0 Å². The zero-order chi connectivity index (χ0) is 23.4. The maximum absolute atomic E-state index is 13.3. The summed E-state index contributed by atoms with van der Waals surface area (Å²) < 4.78 is 0. The SMILES string of the molecule is CCC(C)C(=O)[C@H](NC(=O)c1cccc(C2CCN(C(=O)C3CC3)CC2)c1)C1CCCCC1.[HH]. The van der Waals surface area contributed by atoms with Gasteiger partial charge in [-0.3, -0.25) is 14.4 Å². The van der Waals surface area contributed by atoms with E-state index in [1.54, 1.807) is 0 Å². The van der Waals surface area contributed by atoms with Crippen molar-refractivity contribution >= 4 is 17.6 Å². The number of rotatable bonds is 8. The molecule has 4 rings (SSSR count). The molecule has 0 spiro atoms. The summed E-state index contributed by atoms with van der Waals surface area (Å²) in [5, 5.41) is 3.15. The summed E-state index contributed by atoms with van der Waals surface area (Å²) in [6.07, 6.45) is 10.3. The largest absolute Gasteiger partial charge is 0.342 e. The topological polar surface area (TPSA) is 66.5 Å². The van der Waals surface area contributed by atoms with Crippen LogP contribution in [0.1, 0.15) is 101 Å². The number of nitrogens with one attached hydrogen (secondary N) is 1. The molecule has 3 aliphatic rings. The van der Waals surface area contributed by atoms with Crippen molar-refractivity contribution in [2.45, 2.75) is 90.0 Å². The number of Topliss-reactive ketones (excluding diaryl/α,β-unsaturated/α-hetero) is 1. The summed E-state index contributed by atoms with van der Waals surface area (Å²) in [6.45, 7) is 5.63. The molecule has 1 saturated heterocycles. The lowest BCUT2D eigenvalue weighted by molar-refractivity contribution is -0.133. The highest BCUT2D eigenvalue weighted by Gasteiger charge is 2.35. The van der Waals surface area contributed by atoms with E-state index < -0.39 is 0 Å². The highest BCUT2D eigenvalue weighted by Crippen LogP contribution is 2.35. The number of likely N-dealkylation sites (tertiary alicyclic amines) is 1. The molecule has 0 radical (unpaired) electrons. The maximum atomic E-state index is 13.3. The van der Waals surface area contributed by atoms with Gasteiger partial charge in [-0.1, -0.05) is 45.2 Å². The average Bonchev–Trinajstić information content (AvgIpc) is 3.72. The zero-order valence-corrected chi connectivity index (χ0v) is 20.4. The Hall–Kier alpha value is -2.17. The van der Waals surface area contributed by atoms with Gasteiger partial charge in [-0.05, 0) is 74.5 Å². The van der Waals surface area contributed by atoms with Gasteiger partial charge in [0.05, 0.1) is 6.04 Å². The van der Waals surface area contributed by atoms with Gasteiger partial charge >= 0.3 is 0 Å². The van der Waals surface area contributed by atoms with Crippen molar-refractivity contribution in [1.82, 2.24) is 10.2 Å². The van der Waals surface area contributed by atoms with Crippen LogP contribution < -0.4 is 5.32 Å². The van der Waals surface area contributed by atoms with E-state index in [2.05, 4.69) is 11.4 Å². The first kappa shape index (κ1) is 24.0. The van der Waals surface area contributed by atoms with Gasteiger partial charge < -0.3 is 10.2 Å². The zero-order valence-electron chi connectivity index (χ0n) is 20.4. The van der Waals surface area contributed by atoms with Crippen molar-refractivity contribution in [3.05, 3.63) is 35.4 Å². The Morgan fingerprint density at radius 2 is 1.73 bits per heavy atom. The smallest absolute Gasteiger partial charge is 0.251 e. The fourth-order valence-corrected chi connectivity index (χ4v) is 5.58. The average molecular weight is 455 g/mol. The molecular weight excluding hydrogens is 412 g/mol. The van der Waals surface area contributed by atoms with Crippen molar-refractivity contribution in [2.75, 3.05) is 13.1 Å². The van der Waals surface area contributed by atoms with Crippen molar-refractivity contribution < 1.29 is 15.8 Å². The molecule has 2 amide bonds. The monoisotopic (exact) mass is 454 g/mol. The van der Waals surface area contributed by atoms with Crippen LogP contribution in [0.2, 0.25) is 0 Å². The predicted molar refractivity (Wildman–Crippen MR) is 132 cm³/mol. The van der Waals surface area contributed by atoms with E-state index >= 15 is 0 Å². The summed E-state index contributed by atoms with van der Waals surface area (Å²) >= 11 is 0. The van der Waals surface area contributed by atoms with Crippen molar-refractivity contribution in [1.29, 1.82) is 0 Å².